The topological polar surface area (TPSA) is 84.3 Å². The van der Waals surface area contributed by atoms with Crippen molar-refractivity contribution in [3.05, 3.63) is 30.1 Å². The van der Waals surface area contributed by atoms with Crippen LogP contribution in [0, 0.1) is 12.8 Å². The monoisotopic (exact) mass is 364 g/mol. The number of aromatic nitrogens is 2. The van der Waals surface area contributed by atoms with E-state index in [4.69, 9.17) is 0 Å². The summed E-state index contributed by atoms with van der Waals surface area (Å²) in [5.74, 6) is 0.825. The summed E-state index contributed by atoms with van der Waals surface area (Å²) in [4.78, 5) is 16.8. The normalized spacial score (nSPS) is 17.0. The number of fused-ring (bicyclic) bond motifs is 1. The Kier molecular flexibility index (Phi) is 5.10. The zero-order valence-corrected chi connectivity index (χ0v) is 15.4. The number of piperidine rings is 1. The summed E-state index contributed by atoms with van der Waals surface area (Å²) >= 11 is 0. The lowest BCUT2D eigenvalue weighted by atomic mass is 9.97. The molecule has 25 heavy (non-hydrogen) atoms. The summed E-state index contributed by atoms with van der Waals surface area (Å²) in [6, 6.07) is 7.95. The van der Waals surface area contributed by atoms with Gasteiger partial charge in [0.25, 0.3) is 0 Å². The Morgan fingerprint density at radius 1 is 1.28 bits per heavy atom. The number of carbonyl (C=O) groups excluding carboxylic acids is 1. The van der Waals surface area contributed by atoms with Crippen LogP contribution in [0.15, 0.2) is 24.3 Å². The molecule has 2 heterocycles. The van der Waals surface area contributed by atoms with Crippen molar-refractivity contribution in [3.63, 3.8) is 0 Å². The fourth-order valence-electron chi connectivity index (χ4n) is 3.36. The maximum absolute atomic E-state index is 12.3. The first-order valence-corrected chi connectivity index (χ1v) is 10.4. The molecule has 1 aromatic heterocycles. The molecule has 1 saturated heterocycles. The number of sulfonamides is 1. The van der Waals surface area contributed by atoms with Crippen molar-refractivity contribution >= 4 is 27.0 Å². The third-order valence-electron chi connectivity index (χ3n) is 4.77. The number of carbonyl (C=O) groups is 1. The van der Waals surface area contributed by atoms with E-state index in [0.717, 1.165) is 16.9 Å². The minimum atomic E-state index is -3.16. The predicted molar refractivity (Wildman–Crippen MR) is 96.6 cm³/mol. The zero-order valence-electron chi connectivity index (χ0n) is 14.6. The molecule has 0 radical (unpaired) electrons. The van der Waals surface area contributed by atoms with Gasteiger partial charge < -0.3 is 9.88 Å². The number of nitrogens with one attached hydrogen (secondary N) is 1. The smallest absolute Gasteiger partial charge is 0.223 e. The molecular formula is C17H24N4O3S. The van der Waals surface area contributed by atoms with Crippen LogP contribution in [-0.2, 0) is 21.4 Å². The van der Waals surface area contributed by atoms with E-state index >= 15 is 0 Å². The summed E-state index contributed by atoms with van der Waals surface area (Å²) in [5.41, 5.74) is 2.02. The average Bonchev–Trinajstić information content (AvgIpc) is 2.90. The summed E-state index contributed by atoms with van der Waals surface area (Å²) in [6.07, 6.45) is 2.36. The van der Waals surface area contributed by atoms with Gasteiger partial charge in [0.2, 0.25) is 15.9 Å². The highest BCUT2D eigenvalue weighted by Gasteiger charge is 2.28. The molecule has 1 aliphatic rings. The average molecular weight is 364 g/mol. The van der Waals surface area contributed by atoms with Gasteiger partial charge in [-0.05, 0) is 31.9 Å². The highest BCUT2D eigenvalue weighted by atomic mass is 32.2. The highest BCUT2D eigenvalue weighted by molar-refractivity contribution is 7.88. The lowest BCUT2D eigenvalue weighted by Crippen LogP contribution is -2.43. The third-order valence-corrected chi connectivity index (χ3v) is 6.08. The summed E-state index contributed by atoms with van der Waals surface area (Å²) < 4.78 is 26.6. The van der Waals surface area contributed by atoms with Gasteiger partial charge >= 0.3 is 0 Å². The van der Waals surface area contributed by atoms with Crippen LogP contribution >= 0.6 is 0 Å². The van der Waals surface area contributed by atoms with E-state index in [2.05, 4.69) is 14.9 Å². The molecule has 0 spiro atoms. The molecule has 1 fully saturated rings. The Hall–Kier alpha value is -1.93. The van der Waals surface area contributed by atoms with Crippen LogP contribution in [0.4, 0.5) is 0 Å². The van der Waals surface area contributed by atoms with E-state index in [0.29, 0.717) is 39.0 Å². The van der Waals surface area contributed by atoms with E-state index in [1.165, 1.54) is 10.6 Å². The van der Waals surface area contributed by atoms with Crippen molar-refractivity contribution < 1.29 is 13.2 Å². The van der Waals surface area contributed by atoms with Gasteiger partial charge in [0, 0.05) is 32.1 Å². The van der Waals surface area contributed by atoms with Crippen molar-refractivity contribution in [2.45, 2.75) is 26.3 Å². The summed E-state index contributed by atoms with van der Waals surface area (Å²) in [6.45, 7) is 4.00. The van der Waals surface area contributed by atoms with Gasteiger partial charge in [0.05, 0.1) is 17.3 Å². The second-order valence-corrected chi connectivity index (χ2v) is 8.51. The standard InChI is InChI=1S/C17H24N4O3S/c1-13-19-15-5-3-4-6-16(15)21(13)12-9-18-17(22)14-7-10-20(11-8-14)25(2,23)24/h3-6,14H,7-12H2,1-2H3,(H,18,22). The predicted octanol–water partition coefficient (Wildman–Crippen LogP) is 1.13. The highest BCUT2D eigenvalue weighted by Crippen LogP contribution is 2.19. The largest absolute Gasteiger partial charge is 0.354 e. The minimum Gasteiger partial charge on any atom is -0.354 e. The Bertz CT molecular complexity index is 867. The van der Waals surface area contributed by atoms with Gasteiger partial charge in [-0.1, -0.05) is 12.1 Å². The molecule has 1 amide bonds. The second kappa shape index (κ2) is 7.13. The number of para-hydroxylation sites is 2. The van der Waals surface area contributed by atoms with Gasteiger partial charge in [0.15, 0.2) is 0 Å². The van der Waals surface area contributed by atoms with Gasteiger partial charge in [0.1, 0.15) is 5.82 Å². The molecule has 0 unspecified atom stereocenters. The van der Waals surface area contributed by atoms with E-state index in [9.17, 15) is 13.2 Å². The fraction of sp³-hybridized carbons (Fsp3) is 0.529. The molecule has 1 aliphatic heterocycles. The molecule has 3 rings (SSSR count). The number of aryl methyl sites for hydroxylation is 1. The SMILES string of the molecule is Cc1nc2ccccc2n1CCNC(=O)C1CCN(S(C)(=O)=O)CC1. The van der Waals surface area contributed by atoms with E-state index in [1.807, 2.05) is 31.2 Å². The fourth-order valence-corrected chi connectivity index (χ4v) is 4.24. The van der Waals surface area contributed by atoms with E-state index in [-0.39, 0.29) is 11.8 Å². The van der Waals surface area contributed by atoms with Crippen LogP contribution in [0.2, 0.25) is 0 Å². The number of amides is 1. The van der Waals surface area contributed by atoms with Crippen LogP contribution < -0.4 is 5.32 Å². The number of hydrogen-bond acceptors (Lipinski definition) is 4. The number of benzene rings is 1. The van der Waals surface area contributed by atoms with Gasteiger partial charge in [-0.2, -0.15) is 0 Å². The van der Waals surface area contributed by atoms with E-state index < -0.39 is 10.0 Å². The lowest BCUT2D eigenvalue weighted by Gasteiger charge is -2.29. The lowest BCUT2D eigenvalue weighted by molar-refractivity contribution is -0.126. The molecule has 1 N–H and O–H groups in total. The Morgan fingerprint density at radius 3 is 2.64 bits per heavy atom. The maximum Gasteiger partial charge on any atom is 0.223 e. The van der Waals surface area contributed by atoms with Gasteiger partial charge in [-0.15, -0.1) is 0 Å². The minimum absolute atomic E-state index is 0.00947. The van der Waals surface area contributed by atoms with Crippen LogP contribution in [-0.4, -0.2) is 54.1 Å². The van der Waals surface area contributed by atoms with Gasteiger partial charge in [-0.3, -0.25) is 4.79 Å². The van der Waals surface area contributed by atoms with E-state index in [1.54, 1.807) is 0 Å². The van der Waals surface area contributed by atoms with Crippen molar-refractivity contribution in [1.29, 1.82) is 0 Å². The van der Waals surface area contributed by atoms with Crippen LogP contribution in [0.1, 0.15) is 18.7 Å². The first-order valence-electron chi connectivity index (χ1n) is 8.51. The molecular weight excluding hydrogens is 340 g/mol. The molecule has 0 aliphatic carbocycles. The number of nitrogens with zero attached hydrogens (tertiary/aromatic N) is 3. The first-order chi connectivity index (χ1) is 11.9. The molecule has 2 aromatic rings. The molecule has 1 aromatic carbocycles. The quantitative estimate of drug-likeness (QED) is 0.862. The second-order valence-electron chi connectivity index (χ2n) is 6.53. The molecule has 8 heteroatoms. The van der Waals surface area contributed by atoms with Crippen molar-refractivity contribution in [2.75, 3.05) is 25.9 Å². The molecule has 0 atom stereocenters. The molecule has 0 saturated carbocycles. The number of rotatable bonds is 5. The van der Waals surface area contributed by atoms with Crippen molar-refractivity contribution in [3.8, 4) is 0 Å². The van der Waals surface area contributed by atoms with Crippen LogP contribution in [0.25, 0.3) is 11.0 Å². The van der Waals surface area contributed by atoms with Gasteiger partial charge in [-0.25, -0.2) is 17.7 Å². The van der Waals surface area contributed by atoms with Crippen molar-refractivity contribution in [2.24, 2.45) is 5.92 Å². The summed E-state index contributed by atoms with van der Waals surface area (Å²) in [7, 11) is -3.16. The first kappa shape index (κ1) is 17.9. The molecule has 0 bridgehead atoms. The Labute approximate surface area is 148 Å². The molecule has 7 nitrogen and oxygen atoms in total. The molecule has 136 valence electrons. The number of hydrogen-bond donors (Lipinski definition) is 1. The van der Waals surface area contributed by atoms with Crippen molar-refractivity contribution in [1.82, 2.24) is 19.2 Å². The Morgan fingerprint density at radius 2 is 1.96 bits per heavy atom. The third kappa shape index (κ3) is 4.01. The van der Waals surface area contributed by atoms with Crippen LogP contribution in [0.3, 0.4) is 0 Å². The maximum atomic E-state index is 12.3. The Balaban J connectivity index is 1.52. The number of imidazole rings is 1. The zero-order chi connectivity index (χ0) is 18.0. The summed E-state index contributed by atoms with van der Waals surface area (Å²) in [5, 5.41) is 2.98. The van der Waals surface area contributed by atoms with Crippen LogP contribution in [0.5, 0.6) is 0 Å².